The molecule has 2 heterocycles. The average molecular weight is 281 g/mol. The van der Waals surface area contributed by atoms with Crippen molar-refractivity contribution in [2.45, 2.75) is 20.1 Å². The van der Waals surface area contributed by atoms with Crippen LogP contribution in [0, 0.1) is 0 Å². The van der Waals surface area contributed by atoms with Crippen LogP contribution in [0.25, 0.3) is 11.2 Å². The molecule has 2 rings (SSSR count). The van der Waals surface area contributed by atoms with E-state index in [0.717, 1.165) is 0 Å². The highest BCUT2D eigenvalue weighted by Gasteiger charge is 2.08. The second-order valence-electron chi connectivity index (χ2n) is 3.95. The van der Waals surface area contributed by atoms with Crippen LogP contribution in [-0.2, 0) is 21.0 Å². The Morgan fingerprint density at radius 1 is 1.50 bits per heavy atom. The largest absolute Gasteiger partial charge is 0.463 e. The lowest BCUT2D eigenvalue weighted by Crippen LogP contribution is -2.14. The van der Waals surface area contributed by atoms with E-state index in [1.165, 1.54) is 6.33 Å². The lowest BCUT2D eigenvalue weighted by atomic mass is 10.5. The van der Waals surface area contributed by atoms with E-state index in [-0.39, 0.29) is 37.4 Å². The van der Waals surface area contributed by atoms with Gasteiger partial charge in [-0.1, -0.05) is 6.92 Å². The van der Waals surface area contributed by atoms with Crippen LogP contribution in [-0.4, -0.2) is 38.7 Å². The summed E-state index contributed by atoms with van der Waals surface area (Å²) in [6.45, 7) is 2.27. The summed E-state index contributed by atoms with van der Waals surface area (Å²) in [5, 5.41) is 0. The Kier molecular flexibility index (Phi) is 4.31. The molecular weight excluding hydrogens is 266 g/mol. The number of esters is 1. The molecule has 0 aromatic carbocycles. The van der Waals surface area contributed by atoms with Gasteiger partial charge in [0.15, 0.2) is 11.2 Å². The minimum atomic E-state index is -0.400. The second kappa shape index (κ2) is 6.15. The van der Waals surface area contributed by atoms with Crippen LogP contribution in [0.5, 0.6) is 0 Å². The molecule has 0 saturated heterocycles. The summed E-state index contributed by atoms with van der Waals surface area (Å²) in [7, 11) is 0. The number of imidazole rings is 1. The molecule has 0 spiro atoms. The van der Waals surface area contributed by atoms with Gasteiger partial charge >= 0.3 is 5.97 Å². The predicted molar refractivity (Wildman–Crippen MR) is 69.8 cm³/mol. The summed E-state index contributed by atoms with van der Waals surface area (Å²) in [5.41, 5.74) is 5.61. The molecule has 0 amide bonds. The van der Waals surface area contributed by atoms with Gasteiger partial charge in [0.1, 0.15) is 13.3 Å². The smallest absolute Gasteiger partial charge is 0.305 e. The molecule has 0 atom stereocenters. The number of nitrogens with two attached hydrogens (primary N) is 1. The maximum Gasteiger partial charge on any atom is 0.305 e. The van der Waals surface area contributed by atoms with Crippen LogP contribution in [0.2, 0.25) is 0 Å². The van der Waals surface area contributed by atoms with Gasteiger partial charge in [-0.3, -0.25) is 19.1 Å². The maximum atomic E-state index is 11.5. The molecule has 0 unspecified atom stereocenters. The van der Waals surface area contributed by atoms with Crippen LogP contribution in [0.4, 0.5) is 5.95 Å². The highest BCUT2D eigenvalue weighted by Crippen LogP contribution is 2.06. The lowest BCUT2D eigenvalue weighted by molar-refractivity contribution is -0.145. The standard InChI is InChI=1S/C11H15N5O4/c1-2-7(17)20-4-3-19-6-16-5-13-8-9(16)14-11(12)15-10(8)18/h5H,2-4,6H2,1H3,(H3,12,14,15,18). The van der Waals surface area contributed by atoms with Crippen LogP contribution in [0.3, 0.4) is 0 Å². The molecule has 9 heteroatoms. The number of hydrogen-bond acceptors (Lipinski definition) is 7. The van der Waals surface area contributed by atoms with Gasteiger partial charge in [0.05, 0.1) is 12.9 Å². The number of hydrogen-bond donors (Lipinski definition) is 2. The number of aromatic nitrogens is 4. The number of aromatic amines is 1. The summed E-state index contributed by atoms with van der Waals surface area (Å²) in [6.07, 6.45) is 1.77. The van der Waals surface area contributed by atoms with Gasteiger partial charge in [0.25, 0.3) is 5.56 Å². The number of anilines is 1. The minimum absolute atomic E-state index is 0.0149. The molecule has 0 radical (unpaired) electrons. The first-order chi connectivity index (χ1) is 9.61. The van der Waals surface area contributed by atoms with E-state index in [1.807, 2.05) is 0 Å². The Balaban J connectivity index is 1.94. The Morgan fingerprint density at radius 3 is 3.05 bits per heavy atom. The number of nitrogen functional groups attached to an aromatic ring is 1. The van der Waals surface area contributed by atoms with E-state index in [1.54, 1.807) is 11.5 Å². The Morgan fingerprint density at radius 2 is 2.30 bits per heavy atom. The van der Waals surface area contributed by atoms with Gasteiger partial charge in [-0.15, -0.1) is 0 Å². The molecule has 9 nitrogen and oxygen atoms in total. The maximum absolute atomic E-state index is 11.5. The molecule has 0 aliphatic heterocycles. The third-order valence-corrected chi connectivity index (χ3v) is 2.50. The van der Waals surface area contributed by atoms with Crippen molar-refractivity contribution < 1.29 is 14.3 Å². The van der Waals surface area contributed by atoms with Gasteiger partial charge in [-0.05, 0) is 0 Å². The van der Waals surface area contributed by atoms with Gasteiger partial charge in [0.2, 0.25) is 5.95 Å². The van der Waals surface area contributed by atoms with Crippen molar-refractivity contribution in [1.29, 1.82) is 0 Å². The molecule has 0 aliphatic rings. The van der Waals surface area contributed by atoms with Crippen LogP contribution >= 0.6 is 0 Å². The van der Waals surface area contributed by atoms with Gasteiger partial charge in [0, 0.05) is 6.42 Å². The number of nitrogens with one attached hydrogen (secondary N) is 1. The summed E-state index contributed by atoms with van der Waals surface area (Å²) >= 11 is 0. The first-order valence-corrected chi connectivity index (χ1v) is 6.05. The zero-order valence-electron chi connectivity index (χ0n) is 11.0. The normalized spacial score (nSPS) is 10.8. The molecule has 3 N–H and O–H groups in total. The monoisotopic (exact) mass is 281 g/mol. The number of fused-ring (bicyclic) bond motifs is 1. The molecule has 20 heavy (non-hydrogen) atoms. The fourth-order valence-electron chi connectivity index (χ4n) is 1.54. The molecular formula is C11H15N5O4. The Hall–Kier alpha value is -2.42. The van der Waals surface area contributed by atoms with Gasteiger partial charge in [-0.25, -0.2) is 4.98 Å². The van der Waals surface area contributed by atoms with Crippen molar-refractivity contribution in [1.82, 2.24) is 19.5 Å². The summed E-state index contributed by atoms with van der Waals surface area (Å²) < 4.78 is 11.7. The number of carbonyl (C=O) groups is 1. The van der Waals surface area contributed by atoms with Crippen LogP contribution < -0.4 is 11.3 Å². The van der Waals surface area contributed by atoms with E-state index in [4.69, 9.17) is 15.2 Å². The molecule has 0 saturated carbocycles. The quantitative estimate of drug-likeness (QED) is 0.546. The van der Waals surface area contributed by atoms with E-state index in [2.05, 4.69) is 15.0 Å². The van der Waals surface area contributed by atoms with Crippen molar-refractivity contribution in [2.75, 3.05) is 18.9 Å². The number of carbonyl (C=O) groups excluding carboxylic acids is 1. The van der Waals surface area contributed by atoms with Crippen LogP contribution in [0.1, 0.15) is 13.3 Å². The van der Waals surface area contributed by atoms with E-state index < -0.39 is 5.56 Å². The number of nitrogens with zero attached hydrogens (tertiary/aromatic N) is 3. The minimum Gasteiger partial charge on any atom is -0.463 e. The molecule has 108 valence electrons. The van der Waals surface area contributed by atoms with Crippen molar-refractivity contribution in [2.24, 2.45) is 0 Å². The summed E-state index contributed by atoms with van der Waals surface area (Å²) in [5.74, 6) is -0.260. The van der Waals surface area contributed by atoms with E-state index >= 15 is 0 Å². The highest BCUT2D eigenvalue weighted by atomic mass is 16.6. The SMILES string of the molecule is CCC(=O)OCCOCn1cnc2c(=O)[nH]c(N)nc21. The zero-order chi connectivity index (χ0) is 14.5. The number of ether oxygens (including phenoxy) is 2. The third kappa shape index (κ3) is 3.12. The van der Waals surface area contributed by atoms with E-state index in [0.29, 0.717) is 12.1 Å². The molecule has 2 aromatic heterocycles. The Labute approximate surface area is 113 Å². The van der Waals surface area contributed by atoms with Crippen molar-refractivity contribution >= 4 is 23.1 Å². The lowest BCUT2D eigenvalue weighted by Gasteiger charge is -2.06. The van der Waals surface area contributed by atoms with Gasteiger partial charge < -0.3 is 15.2 Å². The number of rotatable bonds is 6. The molecule has 0 bridgehead atoms. The highest BCUT2D eigenvalue weighted by molar-refractivity contribution is 5.70. The fraction of sp³-hybridized carbons (Fsp3) is 0.455. The molecule has 2 aromatic rings. The first-order valence-electron chi connectivity index (χ1n) is 6.05. The first kappa shape index (κ1) is 14.0. The van der Waals surface area contributed by atoms with E-state index in [9.17, 15) is 9.59 Å². The van der Waals surface area contributed by atoms with Gasteiger partial charge in [-0.2, -0.15) is 4.98 Å². The molecule has 0 aliphatic carbocycles. The van der Waals surface area contributed by atoms with Crippen molar-refractivity contribution in [3.8, 4) is 0 Å². The third-order valence-electron chi connectivity index (χ3n) is 2.50. The Bertz CT molecular complexity index is 662. The average Bonchev–Trinajstić information content (AvgIpc) is 2.81. The molecule has 0 fully saturated rings. The zero-order valence-corrected chi connectivity index (χ0v) is 11.0. The fourth-order valence-corrected chi connectivity index (χ4v) is 1.54. The number of H-pyrrole nitrogens is 1. The summed E-state index contributed by atoms with van der Waals surface area (Å²) in [6, 6.07) is 0. The second-order valence-corrected chi connectivity index (χ2v) is 3.95. The van der Waals surface area contributed by atoms with Crippen molar-refractivity contribution in [3.63, 3.8) is 0 Å². The summed E-state index contributed by atoms with van der Waals surface area (Å²) in [4.78, 5) is 32.7. The van der Waals surface area contributed by atoms with Crippen LogP contribution in [0.15, 0.2) is 11.1 Å². The predicted octanol–water partition coefficient (Wildman–Crippen LogP) is -0.371. The van der Waals surface area contributed by atoms with Crippen molar-refractivity contribution in [3.05, 3.63) is 16.7 Å². The topological polar surface area (TPSA) is 125 Å².